The van der Waals surface area contributed by atoms with Crippen molar-refractivity contribution in [3.8, 4) is 0 Å². The summed E-state index contributed by atoms with van der Waals surface area (Å²) in [4.78, 5) is 12.6. The second-order valence-electron chi connectivity index (χ2n) is 5.15. The third-order valence-electron chi connectivity index (χ3n) is 3.54. The Hall–Kier alpha value is -1.66. The monoisotopic (exact) mass is 452 g/mol. The van der Waals surface area contributed by atoms with Gasteiger partial charge in [0.25, 0.3) is 5.91 Å². The van der Waals surface area contributed by atoms with Crippen LogP contribution in [0.3, 0.4) is 0 Å². The molecule has 0 saturated heterocycles. The Morgan fingerprint density at radius 2 is 1.64 bits per heavy atom. The number of carbonyl (C=O) groups is 1. The molecule has 126 valence electrons. The number of hydrogen-bond acceptors (Lipinski definition) is 2. The molecule has 0 heterocycles. The first-order valence-electron chi connectivity index (χ1n) is 7.21. The Morgan fingerprint density at radius 3 is 2.44 bits per heavy atom. The van der Waals surface area contributed by atoms with Crippen LogP contribution in [0.2, 0.25) is 10.0 Å². The van der Waals surface area contributed by atoms with Crippen molar-refractivity contribution < 1.29 is 4.79 Å². The summed E-state index contributed by atoms with van der Waals surface area (Å²) < 4.78 is 0.922. The maximum absolute atomic E-state index is 12.6. The van der Waals surface area contributed by atoms with Crippen molar-refractivity contribution in [2.75, 3.05) is 5.32 Å². The van der Waals surface area contributed by atoms with Crippen LogP contribution in [0, 0.1) is 0 Å². The highest BCUT2D eigenvalue weighted by Gasteiger charge is 2.13. The number of anilines is 1. The third kappa shape index (κ3) is 3.96. The molecule has 25 heavy (non-hydrogen) atoms. The summed E-state index contributed by atoms with van der Waals surface area (Å²) in [5.41, 5.74) is 1.06. The highest BCUT2D eigenvalue weighted by Crippen LogP contribution is 2.29. The molecule has 0 fully saturated rings. The van der Waals surface area contributed by atoms with E-state index >= 15 is 0 Å². The molecule has 0 unspecified atom stereocenters. The van der Waals surface area contributed by atoms with E-state index in [1.807, 2.05) is 30.3 Å². The summed E-state index contributed by atoms with van der Waals surface area (Å²) in [6.07, 6.45) is 0. The molecule has 3 nitrogen and oxygen atoms in total. The highest BCUT2D eigenvalue weighted by atomic mass is 79.9. The number of halogens is 3. The zero-order valence-corrected chi connectivity index (χ0v) is 16.6. The normalized spacial score (nSPS) is 10.5. The van der Waals surface area contributed by atoms with E-state index in [1.54, 1.807) is 24.3 Å². The van der Waals surface area contributed by atoms with E-state index in [4.69, 9.17) is 35.4 Å². The second-order valence-corrected chi connectivity index (χ2v) is 7.20. The van der Waals surface area contributed by atoms with Crippen molar-refractivity contribution in [3.63, 3.8) is 0 Å². The van der Waals surface area contributed by atoms with Gasteiger partial charge in [0, 0.05) is 10.0 Å². The minimum absolute atomic E-state index is 0.140. The number of carbonyl (C=O) groups excluding carboxylic acids is 1. The standard InChI is InChI=1S/C18H11BrCl2N2OS/c19-13-7-2-4-10-11(13)5-1-6-12(10)17(24)23-18(25)22-15-9-3-8-14(20)16(15)21/h1-9H,(H2,22,23,24,25). The fraction of sp³-hybridized carbons (Fsp3) is 0. The molecule has 0 aromatic heterocycles. The summed E-state index contributed by atoms with van der Waals surface area (Å²) in [5, 5.41) is 8.22. The van der Waals surface area contributed by atoms with Crippen LogP contribution >= 0.6 is 51.3 Å². The molecule has 0 saturated carbocycles. The highest BCUT2D eigenvalue weighted by molar-refractivity contribution is 9.10. The van der Waals surface area contributed by atoms with Gasteiger partial charge in [0.2, 0.25) is 0 Å². The molecule has 0 bridgehead atoms. The predicted molar refractivity (Wildman–Crippen MR) is 112 cm³/mol. The molecule has 1 amide bonds. The lowest BCUT2D eigenvalue weighted by molar-refractivity contribution is 0.0979. The van der Waals surface area contributed by atoms with Gasteiger partial charge < -0.3 is 5.32 Å². The van der Waals surface area contributed by atoms with Crippen LogP contribution in [0.15, 0.2) is 59.1 Å². The summed E-state index contributed by atoms with van der Waals surface area (Å²) in [6.45, 7) is 0. The first kappa shape index (κ1) is 18.1. The van der Waals surface area contributed by atoms with Crippen molar-refractivity contribution in [1.29, 1.82) is 0 Å². The largest absolute Gasteiger partial charge is 0.331 e. The van der Waals surface area contributed by atoms with E-state index in [-0.39, 0.29) is 11.0 Å². The summed E-state index contributed by atoms with van der Waals surface area (Å²) >= 11 is 20.8. The molecule has 2 N–H and O–H groups in total. The molecule has 7 heteroatoms. The zero-order valence-electron chi connectivity index (χ0n) is 12.6. The van der Waals surface area contributed by atoms with Crippen LogP contribution < -0.4 is 10.6 Å². The number of amides is 1. The molecule has 0 spiro atoms. The van der Waals surface area contributed by atoms with Crippen LogP contribution in [0.1, 0.15) is 10.4 Å². The van der Waals surface area contributed by atoms with Gasteiger partial charge in [0.15, 0.2) is 5.11 Å². The predicted octanol–water partition coefficient (Wildman–Crippen LogP) is 6.04. The topological polar surface area (TPSA) is 41.1 Å². The SMILES string of the molecule is O=C(NC(=S)Nc1cccc(Cl)c1Cl)c1cccc2c(Br)cccc12. The first-order valence-corrected chi connectivity index (χ1v) is 9.16. The van der Waals surface area contributed by atoms with Crippen LogP contribution in [0.5, 0.6) is 0 Å². The summed E-state index contributed by atoms with van der Waals surface area (Å²) in [5.74, 6) is -0.306. The van der Waals surface area contributed by atoms with Crippen molar-refractivity contribution in [1.82, 2.24) is 5.32 Å². The maximum Gasteiger partial charge on any atom is 0.258 e. The van der Waals surface area contributed by atoms with E-state index in [9.17, 15) is 4.79 Å². The van der Waals surface area contributed by atoms with Gasteiger partial charge in [-0.25, -0.2) is 0 Å². The van der Waals surface area contributed by atoms with Crippen LogP contribution in [0.25, 0.3) is 10.8 Å². The van der Waals surface area contributed by atoms with Gasteiger partial charge in [0.05, 0.1) is 15.7 Å². The van der Waals surface area contributed by atoms with Gasteiger partial charge in [-0.3, -0.25) is 10.1 Å². The van der Waals surface area contributed by atoms with Crippen molar-refractivity contribution in [2.24, 2.45) is 0 Å². The molecule has 0 aliphatic rings. The molecule has 0 aliphatic heterocycles. The minimum Gasteiger partial charge on any atom is -0.331 e. The molecule has 3 aromatic rings. The number of nitrogens with one attached hydrogen (secondary N) is 2. The molecular weight excluding hydrogens is 443 g/mol. The number of thiocarbonyl (C=S) groups is 1. The Kier molecular flexibility index (Phi) is 5.59. The van der Waals surface area contributed by atoms with Gasteiger partial charge in [-0.1, -0.05) is 69.5 Å². The number of benzene rings is 3. The molecule has 3 rings (SSSR count). The molecule has 3 aromatic carbocycles. The fourth-order valence-electron chi connectivity index (χ4n) is 2.39. The summed E-state index contributed by atoms with van der Waals surface area (Å²) in [6, 6.07) is 16.3. The lowest BCUT2D eigenvalue weighted by atomic mass is 10.0. The number of hydrogen-bond donors (Lipinski definition) is 2. The lowest BCUT2D eigenvalue weighted by Crippen LogP contribution is -2.34. The average molecular weight is 454 g/mol. The second kappa shape index (κ2) is 7.70. The van der Waals surface area contributed by atoms with Gasteiger partial charge in [0.1, 0.15) is 0 Å². The average Bonchev–Trinajstić information content (AvgIpc) is 2.59. The van der Waals surface area contributed by atoms with Crippen molar-refractivity contribution >= 4 is 78.8 Å². The summed E-state index contributed by atoms with van der Waals surface area (Å²) in [7, 11) is 0. The van der Waals surface area contributed by atoms with Gasteiger partial charge in [-0.15, -0.1) is 0 Å². The Balaban J connectivity index is 1.82. The van der Waals surface area contributed by atoms with E-state index in [0.717, 1.165) is 15.2 Å². The fourth-order valence-corrected chi connectivity index (χ4v) is 3.44. The van der Waals surface area contributed by atoms with E-state index in [1.165, 1.54) is 0 Å². The molecular formula is C18H11BrCl2N2OS. The van der Waals surface area contributed by atoms with Crippen molar-refractivity contribution in [2.45, 2.75) is 0 Å². The van der Waals surface area contributed by atoms with Gasteiger partial charge >= 0.3 is 0 Å². The van der Waals surface area contributed by atoms with Crippen LogP contribution in [0.4, 0.5) is 5.69 Å². The van der Waals surface area contributed by atoms with Gasteiger partial charge in [-0.2, -0.15) is 0 Å². The van der Waals surface area contributed by atoms with E-state index < -0.39 is 0 Å². The molecule has 0 atom stereocenters. The number of rotatable bonds is 2. The van der Waals surface area contributed by atoms with Crippen LogP contribution in [-0.2, 0) is 0 Å². The first-order chi connectivity index (χ1) is 12.0. The molecule has 0 radical (unpaired) electrons. The molecule has 0 aliphatic carbocycles. The lowest BCUT2D eigenvalue weighted by Gasteiger charge is -2.12. The number of fused-ring (bicyclic) bond motifs is 1. The van der Waals surface area contributed by atoms with Crippen molar-refractivity contribution in [3.05, 3.63) is 74.7 Å². The third-order valence-corrected chi connectivity index (χ3v) is 5.25. The zero-order chi connectivity index (χ0) is 18.0. The minimum atomic E-state index is -0.306. The smallest absolute Gasteiger partial charge is 0.258 e. The Labute approximate surface area is 168 Å². The Bertz CT molecular complexity index is 994. The van der Waals surface area contributed by atoms with E-state index in [0.29, 0.717) is 21.3 Å². The van der Waals surface area contributed by atoms with Gasteiger partial charge in [-0.05, 0) is 47.3 Å². The Morgan fingerprint density at radius 1 is 0.960 bits per heavy atom. The van der Waals surface area contributed by atoms with Crippen LogP contribution in [-0.4, -0.2) is 11.0 Å². The maximum atomic E-state index is 12.6. The van der Waals surface area contributed by atoms with E-state index in [2.05, 4.69) is 26.6 Å². The quantitative estimate of drug-likeness (QED) is 0.465.